The van der Waals surface area contributed by atoms with Gasteiger partial charge in [0.25, 0.3) is 5.69 Å². The molecule has 0 bridgehead atoms. The molecule has 0 atom stereocenters. The van der Waals surface area contributed by atoms with Crippen LogP contribution in [-0.2, 0) is 5.75 Å². The number of thioether (sulfide) groups is 1. The fraction of sp³-hybridized carbons (Fsp3) is 0.167. The Morgan fingerprint density at radius 3 is 3.17 bits per heavy atom. The minimum absolute atomic E-state index is 0.114. The lowest BCUT2D eigenvalue weighted by molar-refractivity contribution is -0.385. The van der Waals surface area contributed by atoms with Gasteiger partial charge in [-0.05, 0) is 17.1 Å². The van der Waals surface area contributed by atoms with Crippen LogP contribution in [0.4, 0.5) is 5.69 Å². The van der Waals surface area contributed by atoms with E-state index in [1.54, 1.807) is 5.38 Å². The topological polar surface area (TPSA) is 66.9 Å². The third kappa shape index (κ3) is 1.96. The molecule has 0 N–H and O–H groups in total. The number of nitrogens with zero attached hydrogens (tertiary/aromatic N) is 2. The summed E-state index contributed by atoms with van der Waals surface area (Å²) in [4.78, 5) is 10.6. The SMILES string of the molecule is N#CSCc1sccc1[N+](=O)[O-]. The van der Waals surface area contributed by atoms with Crippen LogP contribution in [-0.4, -0.2) is 4.92 Å². The van der Waals surface area contributed by atoms with Gasteiger partial charge in [-0.25, -0.2) is 0 Å². The molecule has 0 amide bonds. The summed E-state index contributed by atoms with van der Waals surface area (Å²) < 4.78 is 0. The Morgan fingerprint density at radius 1 is 1.83 bits per heavy atom. The third-order valence-corrected chi connectivity index (χ3v) is 2.84. The second kappa shape index (κ2) is 4.09. The molecule has 4 nitrogen and oxygen atoms in total. The highest BCUT2D eigenvalue weighted by Gasteiger charge is 2.14. The molecule has 0 aliphatic rings. The first-order valence-electron chi connectivity index (χ1n) is 2.97. The number of thiocyanates is 1. The van der Waals surface area contributed by atoms with Crippen LogP contribution >= 0.6 is 23.1 Å². The Morgan fingerprint density at radius 2 is 2.58 bits per heavy atom. The van der Waals surface area contributed by atoms with Crippen LogP contribution in [0.1, 0.15) is 4.88 Å². The number of rotatable bonds is 3. The number of thiophene rings is 1. The molecular weight excluding hydrogens is 196 g/mol. The van der Waals surface area contributed by atoms with Gasteiger partial charge in [0.1, 0.15) is 5.40 Å². The van der Waals surface area contributed by atoms with Crippen molar-refractivity contribution in [1.82, 2.24) is 0 Å². The van der Waals surface area contributed by atoms with Crippen molar-refractivity contribution in [2.24, 2.45) is 0 Å². The van der Waals surface area contributed by atoms with Crippen molar-refractivity contribution in [2.75, 3.05) is 0 Å². The molecule has 0 fully saturated rings. The van der Waals surface area contributed by atoms with Gasteiger partial charge in [-0.1, -0.05) is 0 Å². The Labute approximate surface area is 77.0 Å². The number of hydrogen-bond acceptors (Lipinski definition) is 5. The first kappa shape index (κ1) is 9.03. The minimum Gasteiger partial charge on any atom is -0.258 e. The maximum absolute atomic E-state index is 10.4. The first-order valence-corrected chi connectivity index (χ1v) is 4.84. The molecule has 0 spiro atoms. The van der Waals surface area contributed by atoms with E-state index in [0.29, 0.717) is 10.6 Å². The van der Waals surface area contributed by atoms with Crippen LogP contribution in [0.2, 0.25) is 0 Å². The third-order valence-electron chi connectivity index (χ3n) is 1.19. The molecule has 0 aliphatic heterocycles. The lowest BCUT2D eigenvalue weighted by atomic mass is 10.4. The van der Waals surface area contributed by atoms with Crippen molar-refractivity contribution < 1.29 is 4.92 Å². The van der Waals surface area contributed by atoms with E-state index in [4.69, 9.17) is 5.26 Å². The van der Waals surface area contributed by atoms with E-state index in [2.05, 4.69) is 0 Å². The molecule has 6 heteroatoms. The van der Waals surface area contributed by atoms with Crippen LogP contribution < -0.4 is 0 Å². The highest BCUT2D eigenvalue weighted by atomic mass is 32.2. The Bertz CT molecular complexity index is 329. The maximum Gasteiger partial charge on any atom is 0.284 e. The molecule has 1 heterocycles. The molecule has 1 rings (SSSR count). The van der Waals surface area contributed by atoms with Gasteiger partial charge in [-0.3, -0.25) is 10.1 Å². The largest absolute Gasteiger partial charge is 0.284 e. The summed E-state index contributed by atoms with van der Waals surface area (Å²) in [7, 11) is 0. The molecule has 0 saturated heterocycles. The van der Waals surface area contributed by atoms with Crippen molar-refractivity contribution in [3.8, 4) is 5.40 Å². The molecule has 0 radical (unpaired) electrons. The summed E-state index contributed by atoms with van der Waals surface area (Å²) >= 11 is 2.31. The van der Waals surface area contributed by atoms with E-state index in [1.165, 1.54) is 17.4 Å². The molecule has 1 aromatic rings. The second-order valence-electron chi connectivity index (χ2n) is 1.87. The second-order valence-corrected chi connectivity index (χ2v) is 3.63. The van der Waals surface area contributed by atoms with Crippen LogP contribution in [0.25, 0.3) is 0 Å². The van der Waals surface area contributed by atoms with Crippen LogP contribution in [0, 0.1) is 20.8 Å². The molecule has 12 heavy (non-hydrogen) atoms. The van der Waals surface area contributed by atoms with E-state index >= 15 is 0 Å². The summed E-state index contributed by atoms with van der Waals surface area (Å²) in [6.45, 7) is 0. The van der Waals surface area contributed by atoms with E-state index < -0.39 is 4.92 Å². The predicted molar refractivity (Wildman–Crippen MR) is 47.9 cm³/mol. The highest BCUT2D eigenvalue weighted by molar-refractivity contribution is 8.03. The average Bonchev–Trinajstić information content (AvgIpc) is 2.48. The first-order chi connectivity index (χ1) is 5.75. The standard InChI is InChI=1S/C6H4N2O2S2/c7-4-11-3-6-5(8(9)10)1-2-12-6/h1-2H,3H2. The summed E-state index contributed by atoms with van der Waals surface area (Å²) in [5.41, 5.74) is 0.114. The van der Waals surface area contributed by atoms with Gasteiger partial charge in [0.2, 0.25) is 0 Å². The van der Waals surface area contributed by atoms with Crippen LogP contribution in [0.5, 0.6) is 0 Å². The molecular formula is C6H4N2O2S2. The van der Waals surface area contributed by atoms with Crippen molar-refractivity contribution in [3.05, 3.63) is 26.4 Å². The summed E-state index contributed by atoms with van der Waals surface area (Å²) in [6.07, 6.45) is 0. The van der Waals surface area contributed by atoms with Crippen molar-refractivity contribution in [2.45, 2.75) is 5.75 Å². The normalized spacial score (nSPS) is 9.25. The quantitative estimate of drug-likeness (QED) is 0.426. The summed E-state index contributed by atoms with van der Waals surface area (Å²) in [6, 6.07) is 1.46. The van der Waals surface area contributed by atoms with E-state index in [-0.39, 0.29) is 5.69 Å². The van der Waals surface area contributed by atoms with Gasteiger partial charge in [-0.15, -0.1) is 11.3 Å². The molecule has 0 unspecified atom stereocenters. The average molecular weight is 200 g/mol. The van der Waals surface area contributed by atoms with Gasteiger partial charge >= 0.3 is 0 Å². The fourth-order valence-corrected chi connectivity index (χ4v) is 2.12. The minimum atomic E-state index is -0.427. The summed E-state index contributed by atoms with van der Waals surface area (Å²) in [5.74, 6) is 0.393. The number of nitriles is 1. The molecule has 0 aromatic carbocycles. The zero-order valence-electron chi connectivity index (χ0n) is 5.89. The van der Waals surface area contributed by atoms with Gasteiger partial charge < -0.3 is 0 Å². The van der Waals surface area contributed by atoms with E-state index in [1.807, 2.05) is 5.40 Å². The smallest absolute Gasteiger partial charge is 0.258 e. The van der Waals surface area contributed by atoms with Gasteiger partial charge in [0, 0.05) is 11.8 Å². The van der Waals surface area contributed by atoms with Gasteiger partial charge in [0.15, 0.2) is 0 Å². The summed E-state index contributed by atoms with van der Waals surface area (Å²) in [5, 5.41) is 22.1. The molecule has 0 aliphatic carbocycles. The molecule has 62 valence electrons. The van der Waals surface area contributed by atoms with Crippen molar-refractivity contribution in [1.29, 1.82) is 5.26 Å². The van der Waals surface area contributed by atoms with E-state index in [0.717, 1.165) is 11.8 Å². The van der Waals surface area contributed by atoms with Crippen molar-refractivity contribution in [3.63, 3.8) is 0 Å². The maximum atomic E-state index is 10.4. The molecule has 1 aromatic heterocycles. The lowest BCUT2D eigenvalue weighted by Crippen LogP contribution is -1.88. The lowest BCUT2D eigenvalue weighted by Gasteiger charge is -1.90. The number of nitro groups is 1. The van der Waals surface area contributed by atoms with Crippen molar-refractivity contribution >= 4 is 28.8 Å². The monoisotopic (exact) mass is 200 g/mol. The Balaban J connectivity index is 2.79. The van der Waals surface area contributed by atoms with Gasteiger partial charge in [-0.2, -0.15) is 5.26 Å². The predicted octanol–water partition coefficient (Wildman–Crippen LogP) is 2.37. The van der Waals surface area contributed by atoms with E-state index in [9.17, 15) is 10.1 Å². The number of hydrogen-bond donors (Lipinski definition) is 0. The Hall–Kier alpha value is -1.06. The fourth-order valence-electron chi connectivity index (χ4n) is 0.702. The van der Waals surface area contributed by atoms with Gasteiger partial charge in [0.05, 0.1) is 9.80 Å². The Kier molecular flexibility index (Phi) is 3.08. The zero-order valence-corrected chi connectivity index (χ0v) is 7.52. The highest BCUT2D eigenvalue weighted by Crippen LogP contribution is 2.27. The van der Waals surface area contributed by atoms with Crippen LogP contribution in [0.3, 0.4) is 0 Å². The van der Waals surface area contributed by atoms with Crippen LogP contribution in [0.15, 0.2) is 11.4 Å². The zero-order chi connectivity index (χ0) is 8.97. The molecule has 0 saturated carbocycles.